The molecule has 4 amide bonds. The van der Waals surface area contributed by atoms with Gasteiger partial charge in [-0.05, 0) is 46.4 Å². The van der Waals surface area contributed by atoms with E-state index in [-0.39, 0.29) is 26.1 Å². The van der Waals surface area contributed by atoms with Gasteiger partial charge in [0.15, 0.2) is 0 Å². The van der Waals surface area contributed by atoms with Crippen LogP contribution in [0, 0.1) is 11.4 Å². The third-order valence-corrected chi connectivity index (χ3v) is 8.22. The van der Waals surface area contributed by atoms with Gasteiger partial charge in [0.2, 0.25) is 5.91 Å². The molecule has 0 bridgehead atoms. The fraction of sp³-hybridized carbons (Fsp3) is 0.235. The van der Waals surface area contributed by atoms with Gasteiger partial charge < -0.3 is 5.11 Å². The maximum absolute atomic E-state index is 14.4. The number of urea groups is 1. The number of nitrogens with one attached hydrogen (secondary N) is 1. The zero-order valence-corrected chi connectivity index (χ0v) is 24.5. The van der Waals surface area contributed by atoms with E-state index in [1.54, 1.807) is 31.2 Å². The predicted molar refractivity (Wildman–Crippen MR) is 163 cm³/mol. The van der Waals surface area contributed by atoms with Gasteiger partial charge >= 0.3 is 12.0 Å². The van der Waals surface area contributed by atoms with Crippen molar-refractivity contribution in [2.75, 3.05) is 6.54 Å². The third kappa shape index (κ3) is 5.66. The molecule has 10 heteroatoms. The highest BCUT2D eigenvalue weighted by Gasteiger charge is 2.58. The molecule has 1 aliphatic heterocycles. The molecule has 10 nitrogen and oxygen atoms in total. The van der Waals surface area contributed by atoms with E-state index in [2.05, 4.69) is 5.11 Å². The number of benzene rings is 4. The second-order valence-electron chi connectivity index (χ2n) is 11.0. The molecule has 5 rings (SSSR count). The summed E-state index contributed by atoms with van der Waals surface area (Å²) in [6.45, 7) is 2.71. The number of carboxylic acid groups (broad SMARTS) is 1. The summed E-state index contributed by atoms with van der Waals surface area (Å²) < 4.78 is 0. The average molecular weight is 592 g/mol. The van der Waals surface area contributed by atoms with E-state index < -0.39 is 35.3 Å². The molecule has 44 heavy (non-hydrogen) atoms. The Bertz CT molecular complexity index is 1720. The number of fused-ring (bicyclic) bond motifs is 1. The Kier molecular flexibility index (Phi) is 8.52. The second kappa shape index (κ2) is 12.5. The molecule has 0 spiro atoms. The zero-order chi connectivity index (χ0) is 31.4. The maximum Gasteiger partial charge on any atom is 0.347 e. The summed E-state index contributed by atoms with van der Waals surface area (Å²) in [4.78, 5) is 55.6. The summed E-state index contributed by atoms with van der Waals surface area (Å²) in [7, 11) is 0. The Morgan fingerprint density at radius 3 is 2.23 bits per heavy atom. The van der Waals surface area contributed by atoms with Crippen molar-refractivity contribution in [1.82, 2.24) is 14.9 Å². The normalized spacial score (nSPS) is 17.1. The minimum absolute atomic E-state index is 0.0757. The van der Waals surface area contributed by atoms with Gasteiger partial charge in [-0.2, -0.15) is 10.1 Å². The van der Waals surface area contributed by atoms with E-state index in [0.29, 0.717) is 5.56 Å². The van der Waals surface area contributed by atoms with Crippen LogP contribution >= 0.6 is 0 Å². The molecule has 2 N–H and O–H groups in total. The summed E-state index contributed by atoms with van der Waals surface area (Å²) in [5, 5.41) is 17.3. The van der Waals surface area contributed by atoms with Crippen molar-refractivity contribution in [3.05, 3.63) is 119 Å². The van der Waals surface area contributed by atoms with Crippen LogP contribution in [0.1, 0.15) is 36.1 Å². The molecule has 1 saturated heterocycles. The van der Waals surface area contributed by atoms with Gasteiger partial charge in [0.1, 0.15) is 5.54 Å². The molecule has 1 aliphatic rings. The fourth-order valence-electron chi connectivity index (χ4n) is 5.75. The number of rotatable bonds is 11. The fourth-order valence-corrected chi connectivity index (χ4v) is 5.75. The van der Waals surface area contributed by atoms with Crippen LogP contribution in [0.5, 0.6) is 0 Å². The van der Waals surface area contributed by atoms with Crippen LogP contribution < -0.4 is 0 Å². The van der Waals surface area contributed by atoms with Crippen LogP contribution in [0.4, 0.5) is 4.79 Å². The van der Waals surface area contributed by atoms with Crippen LogP contribution in [-0.4, -0.2) is 50.4 Å². The van der Waals surface area contributed by atoms with Gasteiger partial charge in [0.05, 0.1) is 19.0 Å². The van der Waals surface area contributed by atoms with Crippen molar-refractivity contribution < 1.29 is 24.3 Å². The Balaban J connectivity index is 1.52. The summed E-state index contributed by atoms with van der Waals surface area (Å²) in [5.74, 6) is -3.55. The van der Waals surface area contributed by atoms with Crippen molar-refractivity contribution in [1.29, 1.82) is 5.53 Å². The molecule has 0 aliphatic carbocycles. The summed E-state index contributed by atoms with van der Waals surface area (Å²) >= 11 is 0. The number of hydrogen-bond donors (Lipinski definition) is 2. The summed E-state index contributed by atoms with van der Waals surface area (Å²) in [6.07, 6.45) is 0.0875. The number of hydrogen-bond acceptors (Lipinski definition) is 6. The molecular weight excluding hydrogens is 558 g/mol. The van der Waals surface area contributed by atoms with E-state index in [0.717, 1.165) is 37.5 Å². The predicted octanol–water partition coefficient (Wildman–Crippen LogP) is 5.76. The van der Waals surface area contributed by atoms with Gasteiger partial charge in [-0.3, -0.25) is 19.3 Å². The van der Waals surface area contributed by atoms with E-state index in [1.165, 1.54) is 11.8 Å². The molecule has 2 atom stereocenters. The highest BCUT2D eigenvalue weighted by molar-refractivity contribution is 6.08. The highest BCUT2D eigenvalue weighted by Crippen LogP contribution is 2.40. The lowest BCUT2D eigenvalue weighted by atomic mass is 9.89. The van der Waals surface area contributed by atoms with Crippen LogP contribution in [0.15, 0.2) is 102 Å². The summed E-state index contributed by atoms with van der Waals surface area (Å²) in [5.41, 5.74) is 8.49. The first-order chi connectivity index (χ1) is 21.1. The smallest absolute Gasteiger partial charge is 0.347 e. The maximum atomic E-state index is 14.4. The number of amides is 4. The number of aliphatic carboxylic acids is 1. The molecular formula is C34H33N5O5. The topological polar surface area (TPSA) is 134 Å². The largest absolute Gasteiger partial charge is 0.481 e. The van der Waals surface area contributed by atoms with E-state index in [1.807, 2.05) is 72.8 Å². The first-order valence-electron chi connectivity index (χ1n) is 14.2. The van der Waals surface area contributed by atoms with Gasteiger partial charge in [-0.1, -0.05) is 97.1 Å². The lowest BCUT2D eigenvalue weighted by Gasteiger charge is -2.32. The molecule has 4 aromatic carbocycles. The van der Waals surface area contributed by atoms with Crippen molar-refractivity contribution in [2.24, 2.45) is 11.0 Å². The number of hydrazine groups is 1. The molecule has 0 aromatic heterocycles. The van der Waals surface area contributed by atoms with Crippen molar-refractivity contribution >= 4 is 34.6 Å². The molecule has 4 aromatic rings. The quantitative estimate of drug-likeness (QED) is 0.169. The Morgan fingerprint density at radius 1 is 0.909 bits per heavy atom. The molecule has 0 radical (unpaired) electrons. The molecule has 0 unspecified atom stereocenters. The lowest BCUT2D eigenvalue weighted by Crippen LogP contribution is -2.53. The van der Waals surface area contributed by atoms with Crippen molar-refractivity contribution in [2.45, 2.75) is 38.9 Å². The number of carbonyl (C=O) groups excluding carboxylic acids is 3. The zero-order valence-electron chi connectivity index (χ0n) is 24.5. The Labute approximate surface area is 255 Å². The van der Waals surface area contributed by atoms with Gasteiger partial charge in [0, 0.05) is 13.5 Å². The van der Waals surface area contributed by atoms with Gasteiger partial charge in [-0.15, -0.1) is 0 Å². The van der Waals surface area contributed by atoms with Crippen LogP contribution in [0.3, 0.4) is 0 Å². The van der Waals surface area contributed by atoms with Crippen molar-refractivity contribution in [3.8, 4) is 0 Å². The Hall–Kier alpha value is -5.38. The minimum atomic E-state index is -1.51. The van der Waals surface area contributed by atoms with Gasteiger partial charge in [-0.25, -0.2) is 15.3 Å². The summed E-state index contributed by atoms with van der Waals surface area (Å²) in [6, 6.07) is 28.6. The van der Waals surface area contributed by atoms with E-state index >= 15 is 0 Å². The average Bonchev–Trinajstić information content (AvgIpc) is 3.20. The molecule has 224 valence electrons. The Morgan fingerprint density at radius 2 is 1.57 bits per heavy atom. The van der Waals surface area contributed by atoms with Gasteiger partial charge in [0.25, 0.3) is 5.91 Å². The minimum Gasteiger partial charge on any atom is -0.481 e. The molecule has 1 heterocycles. The van der Waals surface area contributed by atoms with Crippen LogP contribution in [0.2, 0.25) is 0 Å². The van der Waals surface area contributed by atoms with E-state index in [4.69, 9.17) is 5.53 Å². The first kappa shape index (κ1) is 30.1. The third-order valence-electron chi connectivity index (χ3n) is 8.22. The number of imide groups is 1. The van der Waals surface area contributed by atoms with Crippen LogP contribution in [0.25, 0.3) is 10.8 Å². The number of nitrogens with zero attached hydrogens (tertiary/aromatic N) is 4. The number of carbonyl (C=O) groups is 4. The highest BCUT2D eigenvalue weighted by atomic mass is 16.4. The molecule has 0 saturated carbocycles. The van der Waals surface area contributed by atoms with E-state index in [9.17, 15) is 24.3 Å². The SMILES string of the molecule is CC(=O)N(C[C@@H](Cc1cccc2ccccc12)C(=O)O)N1C(=O)N(Cc2ccccc2)[C@](C)(c2ccc(CN=N)cc2)C1=O. The van der Waals surface area contributed by atoms with Crippen molar-refractivity contribution in [3.63, 3.8) is 0 Å². The molecule has 1 fully saturated rings. The standard InChI is InChI=1S/C34H33N5O5/c1-23(40)38(22-28(31(41)42)19-27-13-8-12-26-11-6-7-14-30(26)27)39-32(43)34(2,29-17-15-24(16-18-29)20-36-35)37(33(39)44)21-25-9-4-3-5-10-25/h3-18,28,35H,19-22H2,1-2H3,(H,41,42)/t28-,34-/m1/s1. The first-order valence-corrected chi connectivity index (χ1v) is 14.2. The number of carboxylic acids is 1. The monoisotopic (exact) mass is 591 g/mol. The van der Waals surface area contributed by atoms with Crippen LogP contribution in [-0.2, 0) is 39.4 Å². The second-order valence-corrected chi connectivity index (χ2v) is 11.0. The lowest BCUT2D eigenvalue weighted by molar-refractivity contribution is -0.159.